The van der Waals surface area contributed by atoms with Crippen molar-refractivity contribution in [1.29, 1.82) is 0 Å². The molecule has 1 saturated heterocycles. The summed E-state index contributed by atoms with van der Waals surface area (Å²) in [6.45, 7) is 1.11. The fourth-order valence-electron chi connectivity index (χ4n) is 3.70. The van der Waals surface area contributed by atoms with E-state index in [0.29, 0.717) is 23.9 Å². The number of amides is 1. The molecule has 1 fully saturated rings. The normalized spacial score (nSPS) is 16.1. The minimum absolute atomic E-state index is 0.0855. The van der Waals surface area contributed by atoms with E-state index in [1.807, 2.05) is 48.5 Å². The van der Waals surface area contributed by atoms with Crippen molar-refractivity contribution in [3.8, 4) is 11.5 Å². The van der Waals surface area contributed by atoms with Crippen molar-refractivity contribution in [2.24, 2.45) is 0 Å². The number of hydrogen-bond donors (Lipinski definition) is 1. The van der Waals surface area contributed by atoms with Crippen LogP contribution in [0.5, 0.6) is 11.5 Å². The molecule has 2 aromatic carbocycles. The largest absolute Gasteiger partial charge is 0.457 e. The van der Waals surface area contributed by atoms with Crippen molar-refractivity contribution < 1.29 is 14.6 Å². The summed E-state index contributed by atoms with van der Waals surface area (Å²) in [5.74, 6) is 1.41. The Morgan fingerprint density at radius 1 is 1.14 bits per heavy atom. The van der Waals surface area contributed by atoms with Crippen LogP contribution in [0.25, 0.3) is 0 Å². The van der Waals surface area contributed by atoms with E-state index in [1.54, 1.807) is 23.2 Å². The number of aliphatic hydroxyl groups excluding tert-OH is 1. The molecule has 6 heteroatoms. The highest BCUT2D eigenvalue weighted by atomic mass is 35.5. The molecule has 3 aromatic rings. The Bertz CT molecular complexity index is 1010. The predicted molar refractivity (Wildman–Crippen MR) is 111 cm³/mol. The average Bonchev–Trinajstić information content (AvgIpc) is 3.24. The van der Waals surface area contributed by atoms with E-state index in [0.717, 1.165) is 23.3 Å². The van der Waals surface area contributed by atoms with Crippen LogP contribution in [0.15, 0.2) is 66.9 Å². The van der Waals surface area contributed by atoms with Crippen LogP contribution < -0.4 is 4.74 Å². The lowest BCUT2D eigenvalue weighted by atomic mass is 9.93. The summed E-state index contributed by atoms with van der Waals surface area (Å²) >= 11 is 6.13. The molecule has 1 amide bonds. The summed E-state index contributed by atoms with van der Waals surface area (Å²) in [6.07, 6.45) is 2.39. The summed E-state index contributed by atoms with van der Waals surface area (Å²) in [7, 11) is 0. The predicted octanol–water partition coefficient (Wildman–Crippen LogP) is 4.65. The Hall–Kier alpha value is -2.89. The van der Waals surface area contributed by atoms with Crippen LogP contribution in [0.2, 0.25) is 5.02 Å². The lowest BCUT2D eigenvalue weighted by Gasteiger charge is -2.18. The number of para-hydroxylation sites is 1. The third-order valence-electron chi connectivity index (χ3n) is 5.14. The summed E-state index contributed by atoms with van der Waals surface area (Å²) < 4.78 is 5.87. The molecule has 1 unspecified atom stereocenters. The van der Waals surface area contributed by atoms with Gasteiger partial charge < -0.3 is 14.7 Å². The third kappa shape index (κ3) is 4.26. The quantitative estimate of drug-likeness (QED) is 0.667. The molecular weight excluding hydrogens is 388 g/mol. The first-order valence-corrected chi connectivity index (χ1v) is 9.90. The van der Waals surface area contributed by atoms with Crippen molar-refractivity contribution in [3.05, 3.63) is 88.7 Å². The van der Waals surface area contributed by atoms with Crippen LogP contribution in [0, 0.1) is 0 Å². The SMILES string of the molecule is O=C(c1ncccc1Cl)N1CCC(c2ccc(Oc3ccccc3)cc2CO)C1. The number of pyridine rings is 1. The van der Waals surface area contributed by atoms with Gasteiger partial charge in [0.05, 0.1) is 11.6 Å². The van der Waals surface area contributed by atoms with Gasteiger partial charge >= 0.3 is 0 Å². The number of hydrogen-bond acceptors (Lipinski definition) is 4. The van der Waals surface area contributed by atoms with E-state index in [9.17, 15) is 9.90 Å². The maximum absolute atomic E-state index is 12.8. The number of carbonyl (C=O) groups excluding carboxylic acids is 1. The molecule has 1 aliphatic heterocycles. The van der Waals surface area contributed by atoms with Gasteiger partial charge in [-0.1, -0.05) is 35.9 Å². The molecule has 29 heavy (non-hydrogen) atoms. The Labute approximate surface area is 174 Å². The monoisotopic (exact) mass is 408 g/mol. The van der Waals surface area contributed by atoms with Crippen LogP contribution in [0.1, 0.15) is 34.0 Å². The van der Waals surface area contributed by atoms with E-state index in [4.69, 9.17) is 16.3 Å². The molecule has 1 atom stereocenters. The zero-order valence-corrected chi connectivity index (χ0v) is 16.5. The van der Waals surface area contributed by atoms with Gasteiger partial charge in [0.25, 0.3) is 5.91 Å². The summed E-state index contributed by atoms with van der Waals surface area (Å²) in [5.41, 5.74) is 2.13. The Morgan fingerprint density at radius 3 is 2.72 bits per heavy atom. The van der Waals surface area contributed by atoms with Crippen molar-refractivity contribution in [1.82, 2.24) is 9.88 Å². The molecule has 1 aromatic heterocycles. The maximum Gasteiger partial charge on any atom is 0.274 e. The first-order valence-electron chi connectivity index (χ1n) is 9.52. The standard InChI is InChI=1S/C23H21ClN2O3/c24-21-7-4-11-25-22(21)23(28)26-12-10-16(14-26)20-9-8-19(13-17(20)15-27)29-18-5-2-1-3-6-18/h1-9,11,13,16,27H,10,12,14-15H2. The lowest BCUT2D eigenvalue weighted by Crippen LogP contribution is -2.29. The second kappa shape index (κ2) is 8.64. The number of nitrogens with zero attached hydrogens (tertiary/aromatic N) is 2. The number of aliphatic hydroxyl groups is 1. The molecular formula is C23H21ClN2O3. The van der Waals surface area contributed by atoms with Gasteiger partial charge in [-0.15, -0.1) is 0 Å². The maximum atomic E-state index is 12.8. The number of likely N-dealkylation sites (tertiary alicyclic amines) is 1. The average molecular weight is 409 g/mol. The number of halogens is 1. The molecule has 0 radical (unpaired) electrons. The number of aromatic nitrogens is 1. The minimum Gasteiger partial charge on any atom is -0.457 e. The van der Waals surface area contributed by atoms with E-state index in [-0.39, 0.29) is 24.1 Å². The first kappa shape index (κ1) is 19.4. The van der Waals surface area contributed by atoms with Crippen LogP contribution in [-0.2, 0) is 6.61 Å². The van der Waals surface area contributed by atoms with Crippen molar-refractivity contribution in [2.75, 3.05) is 13.1 Å². The molecule has 0 saturated carbocycles. The Balaban J connectivity index is 1.50. The van der Waals surface area contributed by atoms with E-state index >= 15 is 0 Å². The summed E-state index contributed by atoms with van der Waals surface area (Å²) in [5, 5.41) is 10.3. The molecule has 148 valence electrons. The summed E-state index contributed by atoms with van der Waals surface area (Å²) in [6, 6.07) is 18.7. The minimum atomic E-state index is -0.160. The highest BCUT2D eigenvalue weighted by Crippen LogP contribution is 2.33. The van der Waals surface area contributed by atoms with Crippen LogP contribution in [0.3, 0.4) is 0 Å². The number of benzene rings is 2. The van der Waals surface area contributed by atoms with Gasteiger partial charge in [0, 0.05) is 25.2 Å². The first-order chi connectivity index (χ1) is 14.2. The summed E-state index contributed by atoms with van der Waals surface area (Å²) in [4.78, 5) is 18.7. The van der Waals surface area contributed by atoms with Crippen LogP contribution >= 0.6 is 11.6 Å². The van der Waals surface area contributed by atoms with E-state index in [1.165, 1.54) is 0 Å². The topological polar surface area (TPSA) is 62.7 Å². The smallest absolute Gasteiger partial charge is 0.274 e. The molecule has 0 spiro atoms. The van der Waals surface area contributed by atoms with E-state index in [2.05, 4.69) is 4.98 Å². The van der Waals surface area contributed by atoms with Gasteiger partial charge in [-0.2, -0.15) is 0 Å². The van der Waals surface area contributed by atoms with Gasteiger partial charge in [0.1, 0.15) is 17.2 Å². The van der Waals surface area contributed by atoms with Crippen LogP contribution in [-0.4, -0.2) is 34.0 Å². The van der Waals surface area contributed by atoms with Crippen molar-refractivity contribution in [3.63, 3.8) is 0 Å². The number of rotatable bonds is 5. The highest BCUT2D eigenvalue weighted by molar-refractivity contribution is 6.33. The number of carbonyl (C=O) groups is 1. The van der Waals surface area contributed by atoms with Crippen LogP contribution in [0.4, 0.5) is 0 Å². The zero-order chi connectivity index (χ0) is 20.2. The molecule has 0 aliphatic carbocycles. The fourth-order valence-corrected chi connectivity index (χ4v) is 3.90. The second-order valence-electron chi connectivity index (χ2n) is 7.00. The molecule has 2 heterocycles. The Kier molecular flexibility index (Phi) is 5.79. The van der Waals surface area contributed by atoms with Gasteiger partial charge in [0.2, 0.25) is 0 Å². The van der Waals surface area contributed by atoms with Gasteiger partial charge in [0.15, 0.2) is 0 Å². The van der Waals surface area contributed by atoms with Gasteiger partial charge in [-0.25, -0.2) is 4.98 Å². The molecule has 5 nitrogen and oxygen atoms in total. The molecule has 4 rings (SSSR count). The molecule has 1 N–H and O–H groups in total. The highest BCUT2D eigenvalue weighted by Gasteiger charge is 2.30. The second-order valence-corrected chi connectivity index (χ2v) is 7.41. The zero-order valence-electron chi connectivity index (χ0n) is 15.8. The van der Waals surface area contributed by atoms with Crippen molar-refractivity contribution in [2.45, 2.75) is 18.9 Å². The van der Waals surface area contributed by atoms with E-state index < -0.39 is 0 Å². The third-order valence-corrected chi connectivity index (χ3v) is 5.45. The number of ether oxygens (including phenoxy) is 1. The molecule has 0 bridgehead atoms. The molecule has 1 aliphatic rings. The van der Waals surface area contributed by atoms with Crippen molar-refractivity contribution >= 4 is 17.5 Å². The van der Waals surface area contributed by atoms with Gasteiger partial charge in [-0.05, 0) is 53.9 Å². The fraction of sp³-hybridized carbons (Fsp3) is 0.217. The lowest BCUT2D eigenvalue weighted by molar-refractivity contribution is 0.0785. The van der Waals surface area contributed by atoms with Gasteiger partial charge in [-0.3, -0.25) is 4.79 Å². The Morgan fingerprint density at radius 2 is 1.97 bits per heavy atom.